The van der Waals surface area contributed by atoms with E-state index in [1.54, 1.807) is 0 Å². The van der Waals surface area contributed by atoms with Crippen LogP contribution in [0, 0.1) is 0 Å². The molecule has 0 aliphatic rings. The Hall–Kier alpha value is -7.48. The smallest absolute Gasteiger partial charge is 0.221 e. The van der Waals surface area contributed by atoms with E-state index in [1.807, 2.05) is 29.4 Å². The molecule has 0 aliphatic carbocycles. The van der Waals surface area contributed by atoms with Crippen molar-refractivity contribution in [3.05, 3.63) is 0 Å². The van der Waals surface area contributed by atoms with Gasteiger partial charge in [0.05, 0.1) is 6.54 Å². The molecular weight excluding hydrogens is 1330 g/mol. The predicted molar refractivity (Wildman–Crippen MR) is 387 cm³/mol. The first-order valence-electron chi connectivity index (χ1n) is 35.8. The van der Waals surface area contributed by atoms with Crippen molar-refractivity contribution in [3.63, 3.8) is 0 Å². The summed E-state index contributed by atoms with van der Waals surface area (Å²) in [6, 6.07) is 0. The molecular formula is C62H128N28O12. The van der Waals surface area contributed by atoms with Crippen LogP contribution in [0.1, 0.15) is 77.0 Å². The molecule has 0 radical (unpaired) electrons. The van der Waals surface area contributed by atoms with Gasteiger partial charge in [0.1, 0.15) is 0 Å². The first-order chi connectivity index (χ1) is 49.2. The molecule has 12 amide bonds. The van der Waals surface area contributed by atoms with Crippen LogP contribution in [0.2, 0.25) is 0 Å². The third-order valence-corrected chi connectivity index (χ3v) is 15.5. The summed E-state index contributed by atoms with van der Waals surface area (Å²) in [4.78, 5) is 166. The minimum atomic E-state index is -0.317. The van der Waals surface area contributed by atoms with E-state index in [4.69, 9.17) is 46.0 Å². The molecule has 40 nitrogen and oxygen atoms in total. The van der Waals surface area contributed by atoms with E-state index in [9.17, 15) is 57.5 Å². The van der Waals surface area contributed by atoms with Crippen LogP contribution in [0.5, 0.6) is 0 Å². The minimum absolute atomic E-state index is 0.00247. The first kappa shape index (κ1) is 94.5. The molecule has 102 heavy (non-hydrogen) atoms. The first-order valence-corrected chi connectivity index (χ1v) is 35.8. The van der Waals surface area contributed by atoms with Crippen molar-refractivity contribution in [2.45, 2.75) is 77.0 Å². The molecule has 28 N–H and O–H groups in total. The summed E-state index contributed by atoms with van der Waals surface area (Å²) in [5, 5.41) is 40.5. The zero-order valence-corrected chi connectivity index (χ0v) is 60.5. The summed E-state index contributed by atoms with van der Waals surface area (Å²) in [6.07, 6.45) is 1.02. The maximum Gasteiger partial charge on any atom is 0.221 e. The lowest BCUT2D eigenvalue weighted by Crippen LogP contribution is -2.43. The van der Waals surface area contributed by atoms with Gasteiger partial charge >= 0.3 is 0 Å². The largest absolute Gasteiger partial charge is 0.355 e. The van der Waals surface area contributed by atoms with Crippen molar-refractivity contribution in [3.8, 4) is 0 Å². The summed E-state index contributed by atoms with van der Waals surface area (Å²) >= 11 is 0. The SMILES string of the molecule is NCCNC(=O)CCN(CCNC(=O)CCN(CCC(=O)NCCN(CCC(=O)NCCN)CCC(=O)NCCN)CCN(CCC(=O)NCCN(CCC(=O)NCCN)CCC(=O)NCCN)CCC(=O)NCCN(CCC(=O)NCCN)CCC(=O)NCCN=NN)CCC(=O)NCCN. The molecule has 0 aromatic heterocycles. The second-order valence-corrected chi connectivity index (χ2v) is 23.8. The van der Waals surface area contributed by atoms with Crippen LogP contribution < -0.4 is 110 Å². The highest BCUT2D eigenvalue weighted by atomic mass is 16.2. The standard InChI is InChI=1S/C62H128N28O12/c63-13-20-71-51(91)1-33-85(34-2-52(92)72-21-14-64)45-29-79-59(99)9-41-89(42-10-60(100)80-30-46-86(35-3-53(93)73-22-15-65)36-4-54(94)74-23-16-66)49-50-90(43-11-61(101)81-31-47-87(37-5-55(95)75-24-17-67)38-6-56(96)76-25-18-68)44-12-62(102)82-32-48-88(39-7-57(97)77-26-19-69)40-8-58(98)78-27-28-83-84-70/h1-50,63-69H2,(H2,70,83)(H,71,91)(H,72,92)(H,73,93)(H,74,94)(H,75,95)(H,76,96)(H,77,97)(H,78,98)(H,79,99)(H,80,100)(H,81,101)(H,82,102). The number of nitrogens with one attached hydrogen (secondary N) is 12. The van der Waals surface area contributed by atoms with Crippen LogP contribution in [0.3, 0.4) is 0 Å². The van der Waals surface area contributed by atoms with Crippen LogP contribution >= 0.6 is 0 Å². The van der Waals surface area contributed by atoms with E-state index < -0.39 is 0 Å². The summed E-state index contributed by atoms with van der Waals surface area (Å²) in [5.41, 5.74) is 38.9. The Kier molecular flexibility index (Phi) is 60.7. The molecule has 0 aromatic carbocycles. The normalized spacial score (nSPS) is 11.3. The number of amides is 12. The van der Waals surface area contributed by atoms with E-state index in [2.05, 4.69) is 74.1 Å². The van der Waals surface area contributed by atoms with Gasteiger partial charge in [0.2, 0.25) is 70.9 Å². The fourth-order valence-corrected chi connectivity index (χ4v) is 9.67. The van der Waals surface area contributed by atoms with E-state index in [0.29, 0.717) is 111 Å². The summed E-state index contributed by atoms with van der Waals surface area (Å²) < 4.78 is 0. The molecule has 0 unspecified atom stereocenters. The number of carbonyl (C=O) groups excluding carboxylic acids is 12. The van der Waals surface area contributed by atoms with Gasteiger partial charge in [0.15, 0.2) is 0 Å². The van der Waals surface area contributed by atoms with Gasteiger partial charge in [-0.25, -0.2) is 0 Å². The molecule has 588 valence electrons. The summed E-state index contributed by atoms with van der Waals surface area (Å²) in [7, 11) is 0. The van der Waals surface area contributed by atoms with Crippen LogP contribution in [0.15, 0.2) is 10.3 Å². The van der Waals surface area contributed by atoms with Crippen LogP contribution in [0.4, 0.5) is 0 Å². The van der Waals surface area contributed by atoms with Gasteiger partial charge in [-0.15, -0.1) is 0 Å². The van der Waals surface area contributed by atoms with Gasteiger partial charge in [0.25, 0.3) is 0 Å². The number of hydrogen-bond acceptors (Lipinski definition) is 27. The Morgan fingerprint density at radius 3 is 0.480 bits per heavy atom. The molecule has 0 heterocycles. The van der Waals surface area contributed by atoms with E-state index in [-0.39, 0.29) is 285 Å². The predicted octanol–water partition coefficient (Wildman–Crippen LogP) is -11.1. The average molecular weight is 1460 g/mol. The van der Waals surface area contributed by atoms with E-state index in [1.165, 1.54) is 0 Å². The van der Waals surface area contributed by atoms with E-state index >= 15 is 0 Å². The highest BCUT2D eigenvalue weighted by Crippen LogP contribution is 2.04. The summed E-state index contributed by atoms with van der Waals surface area (Å²) in [5.74, 6) is 2.07. The van der Waals surface area contributed by atoms with Crippen molar-refractivity contribution in [2.24, 2.45) is 56.3 Å². The fraction of sp³-hybridized carbons (Fsp3) is 0.806. The topological polar surface area (TPSA) is 602 Å². The van der Waals surface area contributed by atoms with Gasteiger partial charge in [-0.3, -0.25) is 57.5 Å². The zero-order chi connectivity index (χ0) is 75.6. The molecule has 0 spiro atoms. The molecule has 0 aromatic rings. The molecule has 40 heteroatoms. The highest BCUT2D eigenvalue weighted by Gasteiger charge is 2.20. The van der Waals surface area contributed by atoms with Gasteiger partial charge in [-0.1, -0.05) is 5.22 Å². The molecule has 0 rings (SSSR count). The van der Waals surface area contributed by atoms with E-state index in [0.717, 1.165) is 0 Å². The van der Waals surface area contributed by atoms with Gasteiger partial charge in [-0.05, 0) is 0 Å². The fourth-order valence-electron chi connectivity index (χ4n) is 9.67. The maximum atomic E-state index is 13.7. The lowest BCUT2D eigenvalue weighted by molar-refractivity contribution is -0.123. The summed E-state index contributed by atoms with van der Waals surface area (Å²) in [6.45, 7) is 10.1. The van der Waals surface area contributed by atoms with Crippen molar-refractivity contribution in [1.29, 1.82) is 0 Å². The van der Waals surface area contributed by atoms with Crippen LogP contribution in [0.25, 0.3) is 0 Å². The molecule has 0 atom stereocenters. The molecule has 0 fully saturated rings. The van der Waals surface area contributed by atoms with Crippen molar-refractivity contribution in [1.82, 2.24) is 93.2 Å². The Morgan fingerprint density at radius 2 is 0.333 bits per heavy atom. The lowest BCUT2D eigenvalue weighted by Gasteiger charge is -2.28. The van der Waals surface area contributed by atoms with Gasteiger partial charge in [0, 0.05) is 319 Å². The number of nitrogens with zero attached hydrogens (tertiary/aromatic N) is 8. The van der Waals surface area contributed by atoms with Crippen molar-refractivity contribution < 1.29 is 57.5 Å². The number of nitrogens with two attached hydrogens (primary N) is 8. The van der Waals surface area contributed by atoms with Gasteiger partial charge < -0.3 is 139 Å². The van der Waals surface area contributed by atoms with Crippen LogP contribution in [-0.2, 0) is 57.5 Å². The van der Waals surface area contributed by atoms with Crippen molar-refractivity contribution >= 4 is 70.9 Å². The number of rotatable bonds is 68. The molecule has 0 saturated heterocycles. The molecule has 0 bridgehead atoms. The number of carbonyl (C=O) groups is 12. The Labute approximate surface area is 601 Å². The highest BCUT2D eigenvalue weighted by molar-refractivity contribution is 5.80. The van der Waals surface area contributed by atoms with Crippen molar-refractivity contribution in [2.75, 3.05) is 249 Å². The second-order valence-electron chi connectivity index (χ2n) is 23.8. The average Bonchev–Trinajstić information content (AvgIpc) is 1.46. The third kappa shape index (κ3) is 58.1. The van der Waals surface area contributed by atoms with Gasteiger partial charge in [-0.2, -0.15) is 5.11 Å². The molecule has 0 saturated carbocycles. The third-order valence-electron chi connectivity index (χ3n) is 15.5. The van der Waals surface area contributed by atoms with Crippen LogP contribution in [-0.4, -0.2) is 349 Å². The number of hydrogen-bond donors (Lipinski definition) is 20. The maximum absolute atomic E-state index is 13.7. The second kappa shape index (κ2) is 65.5. The minimum Gasteiger partial charge on any atom is -0.355 e. The Balaban J connectivity index is 6.85. The lowest BCUT2D eigenvalue weighted by atomic mass is 10.2. The monoisotopic (exact) mass is 1460 g/mol. The quantitative estimate of drug-likeness (QED) is 0.0116. The zero-order valence-electron chi connectivity index (χ0n) is 60.5. The Morgan fingerprint density at radius 1 is 0.196 bits per heavy atom. The molecule has 0 aliphatic heterocycles. The Bertz CT molecular complexity index is 2230.